The van der Waals surface area contributed by atoms with E-state index in [0.717, 1.165) is 54.0 Å². The Kier molecular flexibility index (Phi) is 6.32. The Morgan fingerprint density at radius 3 is 2.53 bits per heavy atom. The molecule has 2 aliphatic rings. The fraction of sp³-hybridized carbons (Fsp3) is 0.346. The van der Waals surface area contributed by atoms with Crippen LogP contribution in [0.3, 0.4) is 0 Å². The van der Waals surface area contributed by atoms with E-state index in [1.54, 1.807) is 18.9 Å². The van der Waals surface area contributed by atoms with Crippen molar-refractivity contribution in [2.24, 2.45) is 4.99 Å². The maximum atomic E-state index is 13.0. The highest BCUT2D eigenvalue weighted by Crippen LogP contribution is 2.46. The summed E-state index contributed by atoms with van der Waals surface area (Å²) in [7, 11) is 1.63. The fourth-order valence-electron chi connectivity index (χ4n) is 4.85. The molecule has 2 heterocycles. The molecule has 1 saturated carbocycles. The van der Waals surface area contributed by atoms with E-state index in [0.29, 0.717) is 12.1 Å². The average Bonchev–Trinajstić information content (AvgIpc) is 3.04. The van der Waals surface area contributed by atoms with Crippen molar-refractivity contribution in [3.05, 3.63) is 80.5 Å². The van der Waals surface area contributed by atoms with Crippen LogP contribution < -0.4 is 16.0 Å². The molecule has 1 aromatic heterocycles. The molecule has 0 bridgehead atoms. The molecule has 1 fully saturated rings. The third-order valence-electron chi connectivity index (χ3n) is 6.60. The molecule has 34 heavy (non-hydrogen) atoms. The number of aromatic amines is 1. The van der Waals surface area contributed by atoms with Crippen molar-refractivity contribution < 1.29 is 9.84 Å². The van der Waals surface area contributed by atoms with E-state index in [1.807, 2.05) is 48.5 Å². The van der Waals surface area contributed by atoms with Crippen LogP contribution in [0.1, 0.15) is 60.9 Å². The van der Waals surface area contributed by atoms with Crippen LogP contribution in [0.2, 0.25) is 0 Å². The molecule has 1 unspecified atom stereocenters. The van der Waals surface area contributed by atoms with Gasteiger partial charge in [0.25, 0.3) is 5.56 Å². The predicted molar refractivity (Wildman–Crippen MR) is 134 cm³/mol. The van der Waals surface area contributed by atoms with Gasteiger partial charge < -0.3 is 9.84 Å². The van der Waals surface area contributed by atoms with E-state index < -0.39 is 11.2 Å². The first kappa shape index (κ1) is 22.5. The highest BCUT2D eigenvalue weighted by atomic mass is 32.2. The summed E-state index contributed by atoms with van der Waals surface area (Å²) in [6, 6.07) is 15.5. The third kappa shape index (κ3) is 4.30. The van der Waals surface area contributed by atoms with Gasteiger partial charge in [0.1, 0.15) is 11.3 Å². The number of methoxy groups -OCH3 is 1. The number of benzene rings is 2. The number of rotatable bonds is 4. The molecule has 0 saturated heterocycles. The van der Waals surface area contributed by atoms with Gasteiger partial charge in [-0.1, -0.05) is 43.5 Å². The summed E-state index contributed by atoms with van der Waals surface area (Å²) in [5.74, 6) is 0.488. The third-order valence-corrected chi connectivity index (χ3v) is 7.93. The van der Waals surface area contributed by atoms with Gasteiger partial charge in [-0.15, -0.1) is 11.8 Å². The van der Waals surface area contributed by atoms with Gasteiger partial charge >= 0.3 is 5.69 Å². The Balaban J connectivity index is 1.63. The van der Waals surface area contributed by atoms with Crippen molar-refractivity contribution in [2.45, 2.75) is 54.7 Å². The van der Waals surface area contributed by atoms with Gasteiger partial charge in [-0.05, 0) is 42.7 Å². The van der Waals surface area contributed by atoms with Gasteiger partial charge in [0.15, 0.2) is 0 Å². The first-order valence-corrected chi connectivity index (χ1v) is 12.5. The van der Waals surface area contributed by atoms with Crippen LogP contribution >= 0.6 is 11.8 Å². The van der Waals surface area contributed by atoms with Crippen LogP contribution in [-0.2, 0) is 0 Å². The molecular formula is C26H27N3O4S. The maximum Gasteiger partial charge on any atom is 0.331 e. The zero-order valence-corrected chi connectivity index (χ0v) is 19.8. The SMILES string of the molecule is COc1ccc(C2CC(c3c(O)n(C4CCCCC4)c(=O)[nH]c3=O)=Nc3ccccc3S2)cc1. The second kappa shape index (κ2) is 9.54. The van der Waals surface area contributed by atoms with E-state index in [9.17, 15) is 14.7 Å². The minimum Gasteiger partial charge on any atom is -0.497 e. The van der Waals surface area contributed by atoms with Crippen LogP contribution in [0.15, 0.2) is 68.0 Å². The molecule has 7 nitrogen and oxygen atoms in total. The summed E-state index contributed by atoms with van der Waals surface area (Å²) in [6.45, 7) is 0. The molecule has 5 rings (SSSR count). The van der Waals surface area contributed by atoms with Gasteiger partial charge in [-0.3, -0.25) is 19.3 Å². The van der Waals surface area contributed by atoms with Gasteiger partial charge in [0, 0.05) is 22.6 Å². The van der Waals surface area contributed by atoms with E-state index >= 15 is 0 Å². The molecule has 1 aliphatic heterocycles. The lowest BCUT2D eigenvalue weighted by Crippen LogP contribution is -2.36. The van der Waals surface area contributed by atoms with Crippen molar-refractivity contribution in [3.63, 3.8) is 0 Å². The first-order chi connectivity index (χ1) is 16.5. The molecule has 8 heteroatoms. The molecule has 2 N–H and O–H groups in total. The number of nitrogens with one attached hydrogen (secondary N) is 1. The van der Waals surface area contributed by atoms with Crippen LogP contribution in [0, 0.1) is 0 Å². The number of para-hydroxylation sites is 1. The molecule has 1 atom stereocenters. The number of aromatic hydroxyl groups is 1. The van der Waals surface area contributed by atoms with Crippen LogP contribution in [0.4, 0.5) is 5.69 Å². The number of aliphatic imine (C=N–C) groups is 1. The monoisotopic (exact) mass is 477 g/mol. The number of H-pyrrole nitrogens is 1. The Labute approximate surface area is 201 Å². The Bertz CT molecular complexity index is 1340. The van der Waals surface area contributed by atoms with Crippen molar-refractivity contribution in [3.8, 4) is 11.6 Å². The Hall–Kier alpha value is -3.26. The predicted octanol–water partition coefficient (Wildman–Crippen LogP) is 5.11. The number of hydrogen-bond acceptors (Lipinski definition) is 6. The molecule has 1 aliphatic carbocycles. The Morgan fingerprint density at radius 1 is 1.06 bits per heavy atom. The second-order valence-electron chi connectivity index (χ2n) is 8.73. The highest BCUT2D eigenvalue weighted by Gasteiger charge is 2.29. The summed E-state index contributed by atoms with van der Waals surface area (Å²) in [4.78, 5) is 34.0. The lowest BCUT2D eigenvalue weighted by Gasteiger charge is -2.25. The lowest BCUT2D eigenvalue weighted by atomic mass is 9.95. The zero-order chi connectivity index (χ0) is 23.7. The summed E-state index contributed by atoms with van der Waals surface area (Å²) >= 11 is 1.67. The van der Waals surface area contributed by atoms with Crippen LogP contribution in [-0.4, -0.2) is 27.5 Å². The standard InChI is InChI=1S/C26H27N3O4S/c1-33-18-13-11-16(12-14-18)22-15-20(27-19-9-5-6-10-21(19)34-22)23-24(30)28-26(32)29(25(23)31)17-7-3-2-4-8-17/h5-6,9-14,17,22,31H,2-4,7-8,15H2,1H3,(H,28,30,32). The molecule has 0 amide bonds. The molecule has 0 spiro atoms. The maximum absolute atomic E-state index is 13.0. The summed E-state index contributed by atoms with van der Waals surface area (Å²) in [6.07, 6.45) is 5.14. The summed E-state index contributed by atoms with van der Waals surface area (Å²) in [5, 5.41) is 11.2. The normalized spacial score (nSPS) is 18.6. The van der Waals surface area contributed by atoms with Gasteiger partial charge in [0.05, 0.1) is 18.5 Å². The van der Waals surface area contributed by atoms with Gasteiger partial charge in [0.2, 0.25) is 5.88 Å². The number of thioether (sulfide) groups is 1. The number of fused-ring (bicyclic) bond motifs is 1. The minimum atomic E-state index is -0.605. The fourth-order valence-corrected chi connectivity index (χ4v) is 6.08. The largest absolute Gasteiger partial charge is 0.497 e. The van der Waals surface area contributed by atoms with Gasteiger partial charge in [-0.25, -0.2) is 4.79 Å². The van der Waals surface area contributed by atoms with E-state index in [-0.39, 0.29) is 22.7 Å². The topological polar surface area (TPSA) is 96.7 Å². The van der Waals surface area contributed by atoms with Crippen LogP contribution in [0.5, 0.6) is 11.6 Å². The minimum absolute atomic E-state index is 0.0397. The van der Waals surface area contributed by atoms with E-state index in [1.165, 1.54) is 4.57 Å². The van der Waals surface area contributed by atoms with Crippen molar-refractivity contribution in [1.29, 1.82) is 0 Å². The van der Waals surface area contributed by atoms with Gasteiger partial charge in [-0.2, -0.15) is 0 Å². The van der Waals surface area contributed by atoms with E-state index in [4.69, 9.17) is 9.73 Å². The molecule has 176 valence electrons. The van der Waals surface area contributed by atoms with Crippen LogP contribution in [0.25, 0.3) is 0 Å². The van der Waals surface area contributed by atoms with E-state index in [2.05, 4.69) is 4.98 Å². The lowest BCUT2D eigenvalue weighted by molar-refractivity contribution is 0.298. The number of ether oxygens (including phenoxy) is 1. The smallest absolute Gasteiger partial charge is 0.331 e. The highest BCUT2D eigenvalue weighted by molar-refractivity contribution is 7.99. The van der Waals surface area contributed by atoms with Crippen molar-refractivity contribution in [1.82, 2.24) is 9.55 Å². The first-order valence-electron chi connectivity index (χ1n) is 11.6. The average molecular weight is 478 g/mol. The molecule has 2 aromatic carbocycles. The number of nitrogens with zero attached hydrogens (tertiary/aromatic N) is 2. The van der Waals surface area contributed by atoms with Crippen molar-refractivity contribution >= 4 is 23.2 Å². The molecule has 0 radical (unpaired) electrons. The summed E-state index contributed by atoms with van der Waals surface area (Å²) < 4.78 is 6.67. The Morgan fingerprint density at radius 2 is 1.79 bits per heavy atom. The quantitative estimate of drug-likeness (QED) is 0.544. The number of hydrogen-bond donors (Lipinski definition) is 2. The second-order valence-corrected chi connectivity index (χ2v) is 9.97. The number of aromatic nitrogens is 2. The molecular weight excluding hydrogens is 450 g/mol. The summed E-state index contributed by atoms with van der Waals surface area (Å²) in [5.41, 5.74) is 1.20. The van der Waals surface area contributed by atoms with Crippen molar-refractivity contribution in [2.75, 3.05) is 7.11 Å². The molecule has 3 aromatic rings. The zero-order valence-electron chi connectivity index (χ0n) is 19.0.